The lowest BCUT2D eigenvalue weighted by Gasteiger charge is -2.10. The summed E-state index contributed by atoms with van der Waals surface area (Å²) in [5, 5.41) is 22.3. The lowest BCUT2D eigenvalue weighted by atomic mass is 10.1. The molecule has 1 atom stereocenters. The zero-order valence-electron chi connectivity index (χ0n) is 16.1. The quantitative estimate of drug-likeness (QED) is 0.550. The lowest BCUT2D eigenvalue weighted by Crippen LogP contribution is -2.39. The fourth-order valence-electron chi connectivity index (χ4n) is 3.24. The number of aromatic nitrogens is 1. The summed E-state index contributed by atoms with van der Waals surface area (Å²) < 4.78 is 1.41. The maximum atomic E-state index is 13.2. The first kappa shape index (κ1) is 21.7. The second-order valence-electron chi connectivity index (χ2n) is 6.81. The van der Waals surface area contributed by atoms with Crippen molar-refractivity contribution in [3.05, 3.63) is 63.3 Å². The highest BCUT2D eigenvalue weighted by Crippen LogP contribution is 2.38. The Bertz CT molecular complexity index is 1170. The Morgan fingerprint density at radius 2 is 1.73 bits per heavy atom. The molecule has 3 N–H and O–H groups in total. The molecule has 0 fully saturated rings. The predicted molar refractivity (Wildman–Crippen MR) is 113 cm³/mol. The molecule has 0 aliphatic rings. The van der Waals surface area contributed by atoms with Crippen molar-refractivity contribution in [3.63, 3.8) is 0 Å². The van der Waals surface area contributed by atoms with Gasteiger partial charge in [-0.25, -0.2) is 0 Å². The van der Waals surface area contributed by atoms with E-state index in [1.54, 1.807) is 37.3 Å². The van der Waals surface area contributed by atoms with E-state index in [0.29, 0.717) is 32.7 Å². The number of phenols is 1. The van der Waals surface area contributed by atoms with Gasteiger partial charge in [-0.1, -0.05) is 23.2 Å². The summed E-state index contributed by atoms with van der Waals surface area (Å²) in [6, 6.07) is 8.18. The summed E-state index contributed by atoms with van der Waals surface area (Å²) in [4.78, 5) is 36.6. The van der Waals surface area contributed by atoms with E-state index in [-0.39, 0.29) is 23.1 Å². The summed E-state index contributed by atoms with van der Waals surface area (Å²) in [5.74, 6) is -2.27. The molecule has 1 unspecified atom stereocenters. The van der Waals surface area contributed by atoms with Crippen LogP contribution in [0.15, 0.2) is 36.4 Å². The van der Waals surface area contributed by atoms with Gasteiger partial charge in [0.05, 0.1) is 17.0 Å². The van der Waals surface area contributed by atoms with Crippen molar-refractivity contribution in [1.82, 2.24) is 9.88 Å². The van der Waals surface area contributed by atoms with Crippen LogP contribution in [-0.4, -0.2) is 38.6 Å². The van der Waals surface area contributed by atoms with Crippen LogP contribution in [0.25, 0.3) is 10.9 Å². The van der Waals surface area contributed by atoms with Gasteiger partial charge in [-0.2, -0.15) is 0 Å². The largest absolute Gasteiger partial charge is 0.506 e. The first-order valence-electron chi connectivity index (χ1n) is 8.95. The van der Waals surface area contributed by atoms with Crippen LogP contribution in [0, 0.1) is 6.92 Å². The standard InChI is InChI=1S/C21H18Cl2N2O5/c1-10(21(29)30)24-17(27)9-14-11(2)25(15-7-8-16(26)19(23)18(14)15)20(28)12-3-5-13(22)6-4-12/h3-8,10,26H,9H2,1-2H3,(H,24,27)(H,29,30). The number of aliphatic carboxylic acids is 1. The smallest absolute Gasteiger partial charge is 0.325 e. The number of nitrogens with zero attached hydrogens (tertiary/aromatic N) is 1. The topological polar surface area (TPSA) is 109 Å². The third-order valence-corrected chi connectivity index (χ3v) is 5.43. The van der Waals surface area contributed by atoms with Crippen molar-refractivity contribution < 1.29 is 24.6 Å². The number of carboxylic acid groups (broad SMARTS) is 1. The minimum absolute atomic E-state index is 0.00680. The number of rotatable bonds is 5. The fraction of sp³-hybridized carbons (Fsp3) is 0.190. The van der Waals surface area contributed by atoms with Crippen LogP contribution in [0.4, 0.5) is 0 Å². The highest BCUT2D eigenvalue weighted by molar-refractivity contribution is 6.37. The van der Waals surface area contributed by atoms with E-state index in [0.717, 1.165) is 0 Å². The molecule has 7 nitrogen and oxygen atoms in total. The molecule has 0 aliphatic carbocycles. The Labute approximate surface area is 181 Å². The first-order chi connectivity index (χ1) is 14.1. The molecule has 0 radical (unpaired) electrons. The average Bonchev–Trinajstić information content (AvgIpc) is 2.96. The summed E-state index contributed by atoms with van der Waals surface area (Å²) in [6.07, 6.45) is -0.218. The van der Waals surface area contributed by atoms with E-state index in [4.69, 9.17) is 28.3 Å². The Balaban J connectivity index is 2.13. The van der Waals surface area contributed by atoms with Crippen LogP contribution in [-0.2, 0) is 16.0 Å². The summed E-state index contributed by atoms with van der Waals surface area (Å²) in [5.41, 5.74) is 1.67. The molecule has 30 heavy (non-hydrogen) atoms. The number of nitrogens with one attached hydrogen (secondary N) is 1. The van der Waals surface area contributed by atoms with E-state index in [1.807, 2.05) is 0 Å². The number of carbonyl (C=O) groups is 3. The van der Waals surface area contributed by atoms with Gasteiger partial charge in [0.1, 0.15) is 11.8 Å². The summed E-state index contributed by atoms with van der Waals surface area (Å²) in [7, 11) is 0. The molecule has 1 amide bonds. The number of benzene rings is 2. The van der Waals surface area contributed by atoms with Crippen molar-refractivity contribution in [3.8, 4) is 5.75 Å². The van der Waals surface area contributed by atoms with Crippen molar-refractivity contribution in [2.45, 2.75) is 26.3 Å². The van der Waals surface area contributed by atoms with E-state index in [1.165, 1.54) is 17.6 Å². The Hall–Kier alpha value is -3.03. The van der Waals surface area contributed by atoms with Gasteiger partial charge in [0.25, 0.3) is 5.91 Å². The van der Waals surface area contributed by atoms with Gasteiger partial charge >= 0.3 is 5.97 Å². The van der Waals surface area contributed by atoms with E-state index in [2.05, 4.69) is 5.32 Å². The number of carboxylic acids is 1. The second-order valence-corrected chi connectivity index (χ2v) is 7.62. The van der Waals surface area contributed by atoms with Crippen LogP contribution in [0.3, 0.4) is 0 Å². The van der Waals surface area contributed by atoms with Crippen molar-refractivity contribution in [2.75, 3.05) is 0 Å². The molecule has 2 aromatic carbocycles. The zero-order valence-corrected chi connectivity index (χ0v) is 17.6. The molecule has 3 rings (SSSR count). The Kier molecular flexibility index (Phi) is 6.05. The molecule has 9 heteroatoms. The monoisotopic (exact) mass is 448 g/mol. The van der Waals surface area contributed by atoms with Gasteiger partial charge in [0, 0.05) is 21.7 Å². The molecule has 3 aromatic rings. The number of hydrogen-bond acceptors (Lipinski definition) is 4. The molecule has 0 bridgehead atoms. The maximum Gasteiger partial charge on any atom is 0.325 e. The SMILES string of the molecule is Cc1c(CC(=O)NC(C)C(=O)O)c2c(Cl)c(O)ccc2n1C(=O)c1ccc(Cl)cc1. The van der Waals surface area contributed by atoms with Crippen molar-refractivity contribution in [1.29, 1.82) is 0 Å². The number of aromatic hydroxyl groups is 1. The number of halogens is 2. The van der Waals surface area contributed by atoms with Crippen molar-refractivity contribution in [2.24, 2.45) is 0 Å². The van der Waals surface area contributed by atoms with Crippen LogP contribution in [0.2, 0.25) is 10.0 Å². The summed E-state index contributed by atoms with van der Waals surface area (Å²) in [6.45, 7) is 3.00. The van der Waals surface area contributed by atoms with Gasteiger partial charge in [-0.15, -0.1) is 0 Å². The second kappa shape index (κ2) is 8.38. The molecular formula is C21H18Cl2N2O5. The minimum atomic E-state index is -1.17. The first-order valence-corrected chi connectivity index (χ1v) is 9.71. The van der Waals surface area contributed by atoms with Gasteiger partial charge in [-0.05, 0) is 55.8 Å². The average molecular weight is 449 g/mol. The molecule has 0 spiro atoms. The number of hydrogen-bond donors (Lipinski definition) is 3. The number of amides is 1. The molecule has 156 valence electrons. The van der Waals surface area contributed by atoms with E-state index >= 15 is 0 Å². The predicted octanol–water partition coefficient (Wildman–Crippen LogP) is 3.78. The molecular weight excluding hydrogens is 431 g/mol. The Morgan fingerprint density at radius 3 is 2.33 bits per heavy atom. The molecule has 0 aliphatic heterocycles. The van der Waals surface area contributed by atoms with Gasteiger partial charge in [0.2, 0.25) is 5.91 Å². The lowest BCUT2D eigenvalue weighted by molar-refractivity contribution is -0.141. The molecule has 0 saturated heterocycles. The Morgan fingerprint density at radius 1 is 1.10 bits per heavy atom. The third-order valence-electron chi connectivity index (χ3n) is 4.79. The van der Waals surface area contributed by atoms with E-state index in [9.17, 15) is 19.5 Å². The normalized spacial score (nSPS) is 12.0. The molecule has 1 aromatic heterocycles. The van der Waals surface area contributed by atoms with Crippen LogP contribution in [0.1, 0.15) is 28.5 Å². The van der Waals surface area contributed by atoms with Crippen LogP contribution < -0.4 is 5.32 Å². The number of carbonyl (C=O) groups excluding carboxylic acids is 2. The van der Waals surface area contributed by atoms with Crippen molar-refractivity contribution >= 4 is 51.9 Å². The van der Waals surface area contributed by atoms with Gasteiger partial charge in [-0.3, -0.25) is 19.0 Å². The third kappa shape index (κ3) is 3.99. The van der Waals surface area contributed by atoms with E-state index < -0.39 is 17.9 Å². The van der Waals surface area contributed by atoms with Crippen LogP contribution >= 0.6 is 23.2 Å². The number of phenolic OH excluding ortho intramolecular Hbond substituents is 1. The van der Waals surface area contributed by atoms with Crippen LogP contribution in [0.5, 0.6) is 5.75 Å². The minimum Gasteiger partial charge on any atom is -0.506 e. The number of fused-ring (bicyclic) bond motifs is 1. The van der Waals surface area contributed by atoms with Gasteiger partial charge < -0.3 is 15.5 Å². The summed E-state index contributed by atoms with van der Waals surface area (Å²) >= 11 is 12.2. The van der Waals surface area contributed by atoms with Gasteiger partial charge in [0.15, 0.2) is 0 Å². The zero-order chi connectivity index (χ0) is 22.2. The maximum absolute atomic E-state index is 13.2. The fourth-order valence-corrected chi connectivity index (χ4v) is 3.64. The highest BCUT2D eigenvalue weighted by Gasteiger charge is 2.25. The molecule has 0 saturated carbocycles. The molecule has 1 heterocycles. The highest BCUT2D eigenvalue weighted by atomic mass is 35.5.